The summed E-state index contributed by atoms with van der Waals surface area (Å²) in [5, 5.41) is 0. The summed E-state index contributed by atoms with van der Waals surface area (Å²) >= 11 is 0. The Kier molecular flexibility index (Phi) is 6.98. The van der Waals surface area contributed by atoms with Gasteiger partial charge < -0.3 is 9.47 Å². The molecule has 0 spiro atoms. The van der Waals surface area contributed by atoms with Crippen LogP contribution in [-0.2, 0) is 13.2 Å². The number of carbonyl (C=O) groups is 1. The number of rotatable bonds is 7. The molecule has 3 heteroatoms. The first-order valence-electron chi connectivity index (χ1n) is 10.4. The quantitative estimate of drug-likeness (QED) is 0.270. The highest BCUT2D eigenvalue weighted by molar-refractivity contribution is 6.09. The van der Waals surface area contributed by atoms with Gasteiger partial charge >= 0.3 is 0 Å². The topological polar surface area (TPSA) is 35.5 Å². The second-order valence-corrected chi connectivity index (χ2v) is 7.18. The van der Waals surface area contributed by atoms with Gasteiger partial charge in [-0.25, -0.2) is 0 Å². The largest absolute Gasteiger partial charge is 0.489 e. The van der Waals surface area contributed by atoms with Crippen LogP contribution >= 0.6 is 0 Å². The van der Waals surface area contributed by atoms with Gasteiger partial charge in [0.05, 0.1) is 0 Å². The van der Waals surface area contributed by atoms with Gasteiger partial charge in [0.15, 0.2) is 0 Å². The number of hydrogen-bond donors (Lipinski definition) is 0. The summed E-state index contributed by atoms with van der Waals surface area (Å²) in [6, 6.07) is 34.4. The lowest BCUT2D eigenvalue weighted by atomic mass is 10.1. The summed E-state index contributed by atoms with van der Waals surface area (Å²) in [5.41, 5.74) is 3.44. The van der Waals surface area contributed by atoms with Crippen molar-refractivity contribution in [2.24, 2.45) is 0 Å². The number of ether oxygens (including phenoxy) is 2. The van der Waals surface area contributed by atoms with Gasteiger partial charge in [-0.3, -0.25) is 4.79 Å². The molecule has 0 saturated carbocycles. The number of carbonyl (C=O) groups excluding carboxylic acids is 1. The zero-order valence-electron chi connectivity index (χ0n) is 17.5. The fraction of sp³-hybridized carbons (Fsp3) is 0.0690. The Balaban J connectivity index is 1.34. The van der Waals surface area contributed by atoms with Crippen LogP contribution in [0.3, 0.4) is 0 Å². The molecule has 0 aromatic heterocycles. The highest BCUT2D eigenvalue weighted by atomic mass is 16.5. The van der Waals surface area contributed by atoms with E-state index in [9.17, 15) is 4.79 Å². The second kappa shape index (κ2) is 10.7. The maximum atomic E-state index is 12.5. The van der Waals surface area contributed by atoms with E-state index in [1.165, 1.54) is 0 Å². The minimum absolute atomic E-state index is 0.250. The molecule has 0 aliphatic rings. The molecule has 3 nitrogen and oxygen atoms in total. The van der Waals surface area contributed by atoms with Gasteiger partial charge in [-0.05, 0) is 53.4 Å². The Bertz CT molecular complexity index is 1220. The van der Waals surface area contributed by atoms with Crippen molar-refractivity contribution in [1.29, 1.82) is 0 Å². The minimum Gasteiger partial charge on any atom is -0.489 e. The van der Waals surface area contributed by atoms with E-state index in [-0.39, 0.29) is 5.78 Å². The van der Waals surface area contributed by atoms with E-state index in [1.54, 1.807) is 18.2 Å². The third-order valence-corrected chi connectivity index (χ3v) is 4.77. The molecule has 4 aromatic carbocycles. The molecule has 0 fully saturated rings. The molecule has 0 saturated heterocycles. The zero-order chi connectivity index (χ0) is 22.0. The van der Waals surface area contributed by atoms with Crippen LogP contribution in [0.15, 0.2) is 109 Å². The van der Waals surface area contributed by atoms with Crippen LogP contribution in [0.1, 0.15) is 27.0 Å². The predicted molar refractivity (Wildman–Crippen MR) is 126 cm³/mol. The van der Waals surface area contributed by atoms with Crippen molar-refractivity contribution >= 4 is 5.78 Å². The maximum Gasteiger partial charge on any atom is 0.236 e. The molecule has 32 heavy (non-hydrogen) atoms. The van der Waals surface area contributed by atoms with E-state index < -0.39 is 0 Å². The van der Waals surface area contributed by atoms with Gasteiger partial charge in [-0.15, -0.1) is 0 Å². The minimum atomic E-state index is -0.250. The van der Waals surface area contributed by atoms with Crippen molar-refractivity contribution in [3.8, 4) is 23.3 Å². The number of Topliss-reactive ketones (excluding diaryl/α,β-unsaturated/α-hetero) is 1. The first-order chi connectivity index (χ1) is 15.8. The molecule has 0 radical (unpaired) electrons. The molecule has 4 rings (SSSR count). The molecule has 0 N–H and O–H groups in total. The summed E-state index contributed by atoms with van der Waals surface area (Å²) in [5.74, 6) is 6.78. The lowest BCUT2D eigenvalue weighted by Crippen LogP contribution is -1.98. The van der Waals surface area contributed by atoms with Gasteiger partial charge in [-0.1, -0.05) is 78.7 Å². The molecule has 156 valence electrons. The monoisotopic (exact) mass is 418 g/mol. The third-order valence-electron chi connectivity index (χ3n) is 4.77. The molecule has 0 bridgehead atoms. The molecular formula is C29H22O3. The third kappa shape index (κ3) is 6.10. The van der Waals surface area contributed by atoms with Crippen molar-refractivity contribution in [2.75, 3.05) is 0 Å². The van der Waals surface area contributed by atoms with Gasteiger partial charge in [0.1, 0.15) is 24.7 Å². The number of hydrogen-bond acceptors (Lipinski definition) is 3. The molecular weight excluding hydrogens is 396 g/mol. The molecule has 0 amide bonds. The summed E-state index contributed by atoms with van der Waals surface area (Å²) in [6.45, 7) is 0.954. The first kappa shape index (κ1) is 21.0. The summed E-state index contributed by atoms with van der Waals surface area (Å²) in [4.78, 5) is 12.5. The Morgan fingerprint density at radius 3 is 1.84 bits per heavy atom. The van der Waals surface area contributed by atoms with Crippen LogP contribution in [0.4, 0.5) is 0 Å². The fourth-order valence-electron chi connectivity index (χ4n) is 3.04. The smallest absolute Gasteiger partial charge is 0.236 e. The van der Waals surface area contributed by atoms with Crippen LogP contribution in [0.25, 0.3) is 0 Å². The lowest BCUT2D eigenvalue weighted by molar-refractivity contribution is 0.105. The molecule has 0 aliphatic heterocycles. The van der Waals surface area contributed by atoms with E-state index in [2.05, 4.69) is 11.8 Å². The van der Waals surface area contributed by atoms with Gasteiger partial charge in [0.25, 0.3) is 0 Å². The molecule has 0 unspecified atom stereocenters. The maximum absolute atomic E-state index is 12.5. The highest BCUT2D eigenvalue weighted by Gasteiger charge is 2.04. The average molecular weight is 418 g/mol. The first-order valence-corrected chi connectivity index (χ1v) is 10.4. The predicted octanol–water partition coefficient (Wildman–Crippen LogP) is 6.08. The number of ketones is 1. The van der Waals surface area contributed by atoms with Gasteiger partial charge in [0, 0.05) is 11.1 Å². The van der Waals surface area contributed by atoms with Crippen molar-refractivity contribution in [3.05, 3.63) is 131 Å². The van der Waals surface area contributed by atoms with E-state index in [1.807, 2.05) is 91.0 Å². The Morgan fingerprint density at radius 2 is 1.22 bits per heavy atom. The van der Waals surface area contributed by atoms with Crippen LogP contribution in [0, 0.1) is 11.8 Å². The highest BCUT2D eigenvalue weighted by Crippen LogP contribution is 2.16. The summed E-state index contributed by atoms with van der Waals surface area (Å²) in [6.07, 6.45) is 0. The molecule has 4 aromatic rings. The average Bonchev–Trinajstić information content (AvgIpc) is 2.87. The fourth-order valence-corrected chi connectivity index (χ4v) is 3.04. The molecule has 0 aliphatic carbocycles. The zero-order valence-corrected chi connectivity index (χ0v) is 17.5. The second-order valence-electron chi connectivity index (χ2n) is 7.18. The van der Waals surface area contributed by atoms with Crippen LogP contribution in [0.2, 0.25) is 0 Å². The Labute approximate surface area is 188 Å². The number of benzene rings is 4. The Morgan fingerprint density at radius 1 is 0.625 bits per heavy atom. The van der Waals surface area contributed by atoms with Crippen molar-refractivity contribution in [3.63, 3.8) is 0 Å². The van der Waals surface area contributed by atoms with E-state index >= 15 is 0 Å². The summed E-state index contributed by atoms with van der Waals surface area (Å²) < 4.78 is 11.6. The Hall–Kier alpha value is -4.29. The van der Waals surface area contributed by atoms with E-state index in [4.69, 9.17) is 9.47 Å². The molecule has 0 atom stereocenters. The SMILES string of the molecule is O=C(C#Cc1ccc(OCc2ccccc2)cc1)c1cccc(OCc2ccccc2)c1. The molecule has 0 heterocycles. The van der Waals surface area contributed by atoms with Crippen molar-refractivity contribution in [1.82, 2.24) is 0 Å². The standard InChI is InChI=1S/C29H22O3/c30-29(26-12-7-13-28(20-26)32-22-25-10-5-2-6-11-25)19-16-23-14-17-27(18-15-23)31-21-24-8-3-1-4-9-24/h1-15,17-18,20H,21-22H2. The lowest BCUT2D eigenvalue weighted by Gasteiger charge is -2.07. The van der Waals surface area contributed by atoms with Crippen molar-refractivity contribution < 1.29 is 14.3 Å². The summed E-state index contributed by atoms with van der Waals surface area (Å²) in [7, 11) is 0. The normalized spacial score (nSPS) is 10.0. The van der Waals surface area contributed by atoms with Gasteiger partial charge in [-0.2, -0.15) is 0 Å². The van der Waals surface area contributed by atoms with Crippen LogP contribution in [-0.4, -0.2) is 5.78 Å². The van der Waals surface area contributed by atoms with Crippen LogP contribution < -0.4 is 9.47 Å². The van der Waals surface area contributed by atoms with E-state index in [0.717, 1.165) is 22.4 Å². The van der Waals surface area contributed by atoms with Crippen molar-refractivity contribution in [2.45, 2.75) is 13.2 Å². The van der Waals surface area contributed by atoms with Gasteiger partial charge in [0.2, 0.25) is 5.78 Å². The van der Waals surface area contributed by atoms with Crippen LogP contribution in [0.5, 0.6) is 11.5 Å². The van der Waals surface area contributed by atoms with E-state index in [0.29, 0.717) is 24.5 Å².